The van der Waals surface area contributed by atoms with Gasteiger partial charge < -0.3 is 9.15 Å². The molecule has 0 unspecified atom stereocenters. The van der Waals surface area contributed by atoms with Crippen LogP contribution in [0.15, 0.2) is 27.5 Å². The summed E-state index contributed by atoms with van der Waals surface area (Å²) >= 11 is 0. The molecule has 1 saturated carbocycles. The Balaban J connectivity index is 1.65. The molecule has 0 N–H and O–H groups in total. The van der Waals surface area contributed by atoms with Gasteiger partial charge in [-0.25, -0.2) is 16.8 Å². The van der Waals surface area contributed by atoms with Crippen molar-refractivity contribution in [1.29, 1.82) is 5.26 Å². The second-order valence-corrected chi connectivity index (χ2v) is 23.3. The maximum Gasteiger partial charge on any atom is 0.314 e. The molecule has 256 valence electrons. The second-order valence-electron chi connectivity index (χ2n) is 13.4. The zero-order valence-corrected chi connectivity index (χ0v) is 29.8. The van der Waals surface area contributed by atoms with Crippen LogP contribution >= 0.6 is 0 Å². The number of aromatic nitrogens is 4. The van der Waals surface area contributed by atoms with E-state index in [0.717, 1.165) is 10.3 Å². The van der Waals surface area contributed by atoms with Crippen LogP contribution in [0.25, 0.3) is 28.1 Å². The smallest absolute Gasteiger partial charge is 0.314 e. The van der Waals surface area contributed by atoms with Gasteiger partial charge in [-0.1, -0.05) is 25.7 Å². The van der Waals surface area contributed by atoms with Crippen molar-refractivity contribution in [3.05, 3.63) is 29.7 Å². The maximum atomic E-state index is 14.5. The van der Waals surface area contributed by atoms with Crippen molar-refractivity contribution in [2.75, 3.05) is 26.4 Å². The van der Waals surface area contributed by atoms with Gasteiger partial charge in [-0.3, -0.25) is 4.68 Å². The minimum absolute atomic E-state index is 0.0000224. The summed E-state index contributed by atoms with van der Waals surface area (Å²) in [4.78, 5) is -0.170. The van der Waals surface area contributed by atoms with Crippen molar-refractivity contribution in [2.24, 2.45) is 7.05 Å². The second kappa shape index (κ2) is 12.7. The average Bonchev–Trinajstić information content (AvgIpc) is 3.48. The van der Waals surface area contributed by atoms with Gasteiger partial charge in [0, 0.05) is 45.8 Å². The first-order valence-corrected chi connectivity index (χ1v) is 21.9. The van der Waals surface area contributed by atoms with Crippen LogP contribution in [0.3, 0.4) is 0 Å². The van der Waals surface area contributed by atoms with Crippen LogP contribution in [0.5, 0.6) is 0 Å². The van der Waals surface area contributed by atoms with E-state index in [4.69, 9.17) is 9.15 Å². The van der Waals surface area contributed by atoms with Crippen LogP contribution in [-0.2, 0) is 31.8 Å². The molecule has 13 nitrogen and oxygen atoms in total. The highest BCUT2D eigenvalue weighted by Gasteiger charge is 2.54. The Labute approximate surface area is 274 Å². The number of benzene rings is 1. The van der Waals surface area contributed by atoms with E-state index in [1.165, 1.54) is 21.1 Å². The molecule has 1 fully saturated rings. The molecule has 1 aromatic carbocycles. The number of sulfonamides is 2. The standard InChI is InChI=1S/C29H39F2N7O6S2Si/c1-19(2)45(39,40)37-11-7-20(8-12-37)22-15-21(16-23-24(35-36(3)25(22)23)27-33-34-28(44-27)26(30)31)46(41,42)38(29(17-32)9-10-29)18-43-13-14-47(4,5)6/h7,15-16,19,26H,8-14,18H2,1-6H3. The molecule has 2 aromatic heterocycles. The number of nitrogens with zero attached hydrogens (tertiary/aromatic N) is 7. The number of nitriles is 1. The third-order valence-electron chi connectivity index (χ3n) is 8.42. The molecule has 5 rings (SSSR count). The fourth-order valence-electron chi connectivity index (χ4n) is 5.40. The molecule has 0 amide bonds. The van der Waals surface area contributed by atoms with E-state index in [0.29, 0.717) is 36.1 Å². The SMILES string of the molecule is CC(C)S(=O)(=O)N1CC=C(c2cc(S(=O)(=O)N(COCC[Si](C)(C)C)C3(C#N)CC3)cc3c(-c4nnc(C(F)F)o4)nn(C)c23)CC1. The molecule has 0 spiro atoms. The zero-order chi connectivity index (χ0) is 34.5. The molecule has 0 bridgehead atoms. The molecule has 0 atom stereocenters. The molecule has 1 aliphatic heterocycles. The van der Waals surface area contributed by atoms with Gasteiger partial charge in [0.25, 0.3) is 11.8 Å². The number of ether oxygens (including phenoxy) is 1. The van der Waals surface area contributed by atoms with E-state index in [1.807, 2.05) is 0 Å². The van der Waals surface area contributed by atoms with E-state index < -0.39 is 51.2 Å². The van der Waals surface area contributed by atoms with Crippen molar-refractivity contribution in [3.8, 4) is 17.7 Å². The van der Waals surface area contributed by atoms with Crippen LogP contribution in [0.1, 0.15) is 51.0 Å². The average molecular weight is 712 g/mol. The Bertz CT molecular complexity index is 1960. The molecule has 0 saturated heterocycles. The maximum absolute atomic E-state index is 14.5. The Kier molecular flexibility index (Phi) is 9.55. The van der Waals surface area contributed by atoms with Gasteiger partial charge in [0.15, 0.2) is 5.69 Å². The third-order valence-corrected chi connectivity index (χ3v) is 14.2. The van der Waals surface area contributed by atoms with E-state index in [-0.39, 0.29) is 48.1 Å². The molecule has 3 heterocycles. The quantitative estimate of drug-likeness (QED) is 0.137. The molecule has 3 aromatic rings. The van der Waals surface area contributed by atoms with Crippen LogP contribution in [0, 0.1) is 11.3 Å². The Morgan fingerprint density at radius 2 is 1.87 bits per heavy atom. The fraction of sp³-hybridized carbons (Fsp3) is 0.586. The zero-order valence-electron chi connectivity index (χ0n) is 27.2. The minimum Gasteiger partial charge on any atom is -0.413 e. The number of fused-ring (bicyclic) bond motifs is 1. The van der Waals surface area contributed by atoms with E-state index >= 15 is 0 Å². The number of alkyl halides is 2. The monoisotopic (exact) mass is 711 g/mol. The molecule has 2 aliphatic rings. The first kappa shape index (κ1) is 35.2. The van der Waals surface area contributed by atoms with E-state index in [2.05, 4.69) is 41.0 Å². The lowest BCUT2D eigenvalue weighted by atomic mass is 9.97. The Morgan fingerprint density at radius 3 is 2.40 bits per heavy atom. The van der Waals surface area contributed by atoms with Crippen LogP contribution in [-0.4, -0.2) is 90.7 Å². The number of aryl methyl sites for hydroxylation is 1. The summed E-state index contributed by atoms with van der Waals surface area (Å²) in [7, 11) is -7.78. The van der Waals surface area contributed by atoms with E-state index in [9.17, 15) is 30.9 Å². The number of hydrogen-bond donors (Lipinski definition) is 0. The molecule has 1 aliphatic carbocycles. The van der Waals surface area contributed by atoms with Crippen molar-refractivity contribution >= 4 is 44.6 Å². The van der Waals surface area contributed by atoms with Gasteiger partial charge in [-0.15, -0.1) is 10.2 Å². The first-order chi connectivity index (χ1) is 21.9. The summed E-state index contributed by atoms with van der Waals surface area (Å²) in [6.45, 7) is 10.0. The Hall–Kier alpha value is -3.08. The fourth-order valence-corrected chi connectivity index (χ4v) is 9.06. The van der Waals surface area contributed by atoms with Gasteiger partial charge in [-0.2, -0.15) is 27.8 Å². The van der Waals surface area contributed by atoms with Crippen LogP contribution < -0.4 is 0 Å². The largest absolute Gasteiger partial charge is 0.413 e. The summed E-state index contributed by atoms with van der Waals surface area (Å²) in [5.41, 5.74) is 0.328. The molecule has 47 heavy (non-hydrogen) atoms. The lowest BCUT2D eigenvalue weighted by Crippen LogP contribution is -2.43. The number of rotatable bonds is 13. The van der Waals surface area contributed by atoms with Crippen molar-refractivity contribution in [3.63, 3.8) is 0 Å². The van der Waals surface area contributed by atoms with Gasteiger partial charge in [0.2, 0.25) is 20.0 Å². The summed E-state index contributed by atoms with van der Waals surface area (Å²) in [5.74, 6) is -1.23. The summed E-state index contributed by atoms with van der Waals surface area (Å²) in [6, 6.07) is 5.82. The summed E-state index contributed by atoms with van der Waals surface area (Å²) in [6.07, 6.45) is -0.330. The highest BCUT2D eigenvalue weighted by molar-refractivity contribution is 7.89. The van der Waals surface area contributed by atoms with Crippen LogP contribution in [0.2, 0.25) is 25.7 Å². The van der Waals surface area contributed by atoms with Crippen LogP contribution in [0.4, 0.5) is 8.78 Å². The Morgan fingerprint density at radius 1 is 1.17 bits per heavy atom. The number of hydrogen-bond acceptors (Lipinski definition) is 10. The highest BCUT2D eigenvalue weighted by atomic mass is 32.2. The predicted octanol–water partition coefficient (Wildman–Crippen LogP) is 4.75. The molecule has 18 heteroatoms. The minimum atomic E-state index is -4.38. The first-order valence-electron chi connectivity index (χ1n) is 15.2. The predicted molar refractivity (Wildman–Crippen MR) is 173 cm³/mol. The number of halogens is 2. The summed E-state index contributed by atoms with van der Waals surface area (Å²) < 4.78 is 96.3. The molecule has 0 radical (unpaired) electrons. The van der Waals surface area contributed by atoms with Gasteiger partial charge >= 0.3 is 6.43 Å². The topological polar surface area (TPSA) is 165 Å². The van der Waals surface area contributed by atoms with Gasteiger partial charge in [0.05, 0.1) is 21.7 Å². The van der Waals surface area contributed by atoms with Crippen molar-refractivity contribution in [2.45, 2.75) is 80.9 Å². The van der Waals surface area contributed by atoms with Crippen molar-refractivity contribution < 1.29 is 34.8 Å². The molecular formula is C29H39F2N7O6S2Si. The molecular weight excluding hydrogens is 673 g/mol. The lowest BCUT2D eigenvalue weighted by molar-refractivity contribution is 0.0660. The van der Waals surface area contributed by atoms with Crippen molar-refractivity contribution in [1.82, 2.24) is 28.6 Å². The van der Waals surface area contributed by atoms with E-state index in [1.54, 1.807) is 27.0 Å². The lowest BCUT2D eigenvalue weighted by Gasteiger charge is -2.29. The third kappa shape index (κ3) is 6.92. The summed E-state index contributed by atoms with van der Waals surface area (Å²) in [5, 5.41) is 21.3. The highest BCUT2D eigenvalue weighted by Crippen LogP contribution is 2.45. The van der Waals surface area contributed by atoms with Gasteiger partial charge in [0.1, 0.15) is 12.3 Å². The van der Waals surface area contributed by atoms with Gasteiger partial charge in [-0.05, 0) is 56.9 Å². The normalized spacial score (nSPS) is 17.5.